The number of aliphatic carboxylic acids is 1. The van der Waals surface area contributed by atoms with Gasteiger partial charge in [0.15, 0.2) is 5.89 Å². The lowest BCUT2D eigenvalue weighted by Crippen LogP contribution is -2.43. The van der Waals surface area contributed by atoms with Crippen LogP contribution in [0.4, 0.5) is 0 Å². The van der Waals surface area contributed by atoms with E-state index in [2.05, 4.69) is 71.3 Å². The minimum absolute atomic E-state index is 0.355. The first-order valence-electron chi connectivity index (χ1n) is 15.8. The van der Waals surface area contributed by atoms with Gasteiger partial charge >= 0.3 is 5.97 Å². The van der Waals surface area contributed by atoms with Gasteiger partial charge < -0.3 is 14.4 Å². The molecule has 2 aliphatic heterocycles. The molecule has 0 amide bonds. The number of carboxylic acids is 1. The molecular formula is C35H45N3O3. The monoisotopic (exact) mass is 555 g/mol. The smallest absolute Gasteiger partial charge is 0.320 e. The highest BCUT2D eigenvalue weighted by Crippen LogP contribution is 2.39. The number of aryl methyl sites for hydroxylation is 1. The van der Waals surface area contributed by atoms with E-state index in [1.165, 1.54) is 30.4 Å². The summed E-state index contributed by atoms with van der Waals surface area (Å²) in [6.07, 6.45) is 8.24. The maximum atomic E-state index is 12.4. The van der Waals surface area contributed by atoms with Crippen molar-refractivity contribution in [2.24, 2.45) is 11.8 Å². The van der Waals surface area contributed by atoms with Crippen LogP contribution >= 0.6 is 0 Å². The zero-order valence-corrected chi connectivity index (χ0v) is 24.5. The summed E-state index contributed by atoms with van der Waals surface area (Å²) in [4.78, 5) is 22.2. The van der Waals surface area contributed by atoms with E-state index in [1.807, 2.05) is 6.07 Å². The van der Waals surface area contributed by atoms with Crippen LogP contribution in [0.15, 0.2) is 65.1 Å². The minimum Gasteiger partial charge on any atom is -0.480 e. The molecule has 1 saturated carbocycles. The second-order valence-electron chi connectivity index (χ2n) is 12.6. The van der Waals surface area contributed by atoms with Crippen LogP contribution in [0.3, 0.4) is 0 Å². The van der Waals surface area contributed by atoms with Crippen molar-refractivity contribution in [3.63, 3.8) is 0 Å². The van der Waals surface area contributed by atoms with E-state index >= 15 is 0 Å². The Hall–Kier alpha value is -2.96. The third-order valence-corrected chi connectivity index (χ3v) is 9.96. The Morgan fingerprint density at radius 3 is 2.34 bits per heavy atom. The Labute approximate surface area is 244 Å². The van der Waals surface area contributed by atoms with Gasteiger partial charge in [0.05, 0.1) is 5.69 Å². The van der Waals surface area contributed by atoms with Crippen LogP contribution in [0.2, 0.25) is 0 Å². The Morgan fingerprint density at radius 1 is 1.00 bits per heavy atom. The number of oxazole rings is 1. The topological polar surface area (TPSA) is 69.8 Å². The van der Waals surface area contributed by atoms with Crippen LogP contribution in [0, 0.1) is 11.8 Å². The lowest BCUT2D eigenvalue weighted by molar-refractivity contribution is -0.144. The number of aromatic nitrogens is 1. The number of nitrogens with zero attached hydrogens (tertiary/aromatic N) is 3. The van der Waals surface area contributed by atoms with Crippen LogP contribution in [-0.2, 0) is 17.6 Å². The van der Waals surface area contributed by atoms with Gasteiger partial charge in [0.1, 0.15) is 11.8 Å². The number of likely N-dealkylation sites (tertiary alicyclic amines) is 2. The number of hydrogen-bond acceptors (Lipinski definition) is 5. The van der Waals surface area contributed by atoms with Gasteiger partial charge in [-0.3, -0.25) is 9.69 Å². The van der Waals surface area contributed by atoms with Gasteiger partial charge in [0, 0.05) is 37.9 Å². The Morgan fingerprint density at radius 2 is 1.71 bits per heavy atom. The normalized spacial score (nSPS) is 23.4. The van der Waals surface area contributed by atoms with Gasteiger partial charge in [-0.05, 0) is 61.7 Å². The first kappa shape index (κ1) is 28.2. The standard InChI is InChI=1S/C35H45N3O3/c1-2-31-34(41-33(36-31)21-26-10-5-3-6-11-26)28-16-18-37(19-17-28)22-29-23-38(24-30(29)27-14-7-4-8-15-27)32(35(39)40)20-25-12-9-13-25/h3-8,10-11,14-15,25,28-30,32H,2,9,12-13,16-24H2,1H3,(H,39,40)/t29-,30+,32+/m0/s1. The SMILES string of the molecule is CCc1nc(Cc2ccccc2)oc1C1CCN(C[C@H]2CN([C@H](CC3CCC3)C(=O)O)C[C@@H]2c2ccccc2)CC1. The molecule has 3 atom stereocenters. The van der Waals surface area contributed by atoms with Crippen LogP contribution in [-0.4, -0.2) is 64.6 Å². The van der Waals surface area contributed by atoms with Crippen LogP contribution in [0.1, 0.15) is 85.8 Å². The van der Waals surface area contributed by atoms with Gasteiger partial charge in [-0.15, -0.1) is 0 Å². The molecule has 1 aliphatic carbocycles. The summed E-state index contributed by atoms with van der Waals surface area (Å²) in [6, 6.07) is 20.9. The quantitative estimate of drug-likeness (QED) is 0.297. The summed E-state index contributed by atoms with van der Waals surface area (Å²) >= 11 is 0. The molecule has 41 heavy (non-hydrogen) atoms. The predicted molar refractivity (Wildman–Crippen MR) is 161 cm³/mol. The molecule has 3 heterocycles. The summed E-state index contributed by atoms with van der Waals surface area (Å²) in [5.74, 6) is 3.11. The van der Waals surface area contributed by atoms with Gasteiger partial charge in [-0.2, -0.15) is 0 Å². The lowest BCUT2D eigenvalue weighted by atomic mass is 9.80. The molecule has 3 aromatic rings. The van der Waals surface area contributed by atoms with Crippen LogP contribution in [0.25, 0.3) is 0 Å². The van der Waals surface area contributed by atoms with Crippen LogP contribution < -0.4 is 0 Å². The van der Waals surface area contributed by atoms with Crippen LogP contribution in [0.5, 0.6) is 0 Å². The maximum absolute atomic E-state index is 12.4. The average molecular weight is 556 g/mol. The fraction of sp³-hybridized carbons (Fsp3) is 0.543. The first-order valence-corrected chi connectivity index (χ1v) is 15.8. The number of carboxylic acid groups (broad SMARTS) is 1. The molecule has 0 radical (unpaired) electrons. The fourth-order valence-corrected chi connectivity index (χ4v) is 7.41. The Balaban J connectivity index is 1.10. The summed E-state index contributed by atoms with van der Waals surface area (Å²) in [7, 11) is 0. The first-order chi connectivity index (χ1) is 20.1. The molecule has 0 bridgehead atoms. The second-order valence-corrected chi connectivity index (χ2v) is 12.6. The Bertz CT molecular complexity index is 1260. The zero-order valence-electron chi connectivity index (χ0n) is 24.5. The van der Waals surface area contributed by atoms with Crippen molar-refractivity contribution in [1.29, 1.82) is 0 Å². The molecule has 2 saturated heterocycles. The van der Waals surface area contributed by atoms with Gasteiger partial charge in [0.2, 0.25) is 0 Å². The second kappa shape index (κ2) is 12.9. The molecule has 6 nitrogen and oxygen atoms in total. The molecule has 6 rings (SSSR count). The number of hydrogen-bond donors (Lipinski definition) is 1. The number of piperidine rings is 1. The largest absolute Gasteiger partial charge is 0.480 e. The van der Waals surface area contributed by atoms with Crippen molar-refractivity contribution in [3.8, 4) is 0 Å². The third-order valence-electron chi connectivity index (χ3n) is 9.96. The van der Waals surface area contributed by atoms with E-state index in [4.69, 9.17) is 9.40 Å². The van der Waals surface area contributed by atoms with Gasteiger partial charge in [-0.25, -0.2) is 4.98 Å². The van der Waals surface area contributed by atoms with E-state index in [9.17, 15) is 9.90 Å². The number of rotatable bonds is 11. The van der Waals surface area contributed by atoms with Crippen molar-refractivity contribution in [2.45, 2.75) is 76.2 Å². The van der Waals surface area contributed by atoms with E-state index in [0.717, 1.165) is 82.2 Å². The molecule has 2 aromatic carbocycles. The van der Waals surface area contributed by atoms with E-state index in [0.29, 0.717) is 23.7 Å². The number of benzene rings is 2. The summed E-state index contributed by atoms with van der Waals surface area (Å²) < 4.78 is 6.41. The summed E-state index contributed by atoms with van der Waals surface area (Å²) in [6.45, 7) is 7.00. The molecular weight excluding hydrogens is 510 g/mol. The van der Waals surface area contributed by atoms with Crippen molar-refractivity contribution in [2.75, 3.05) is 32.7 Å². The Kier molecular flexibility index (Phi) is 8.87. The van der Waals surface area contributed by atoms with E-state index in [1.54, 1.807) is 0 Å². The third kappa shape index (κ3) is 6.60. The minimum atomic E-state index is -0.643. The molecule has 3 fully saturated rings. The zero-order chi connectivity index (χ0) is 28.2. The van der Waals surface area contributed by atoms with E-state index in [-0.39, 0.29) is 6.04 Å². The van der Waals surface area contributed by atoms with Crippen molar-refractivity contribution in [3.05, 3.63) is 89.1 Å². The maximum Gasteiger partial charge on any atom is 0.320 e. The summed E-state index contributed by atoms with van der Waals surface area (Å²) in [5.41, 5.74) is 3.70. The lowest BCUT2D eigenvalue weighted by Gasteiger charge is -2.34. The molecule has 0 unspecified atom stereocenters. The fourth-order valence-electron chi connectivity index (χ4n) is 7.41. The number of carbonyl (C=O) groups is 1. The van der Waals surface area contributed by atoms with Crippen molar-refractivity contribution < 1.29 is 14.3 Å². The molecule has 0 spiro atoms. The molecule has 218 valence electrons. The molecule has 3 aliphatic rings. The highest BCUT2D eigenvalue weighted by atomic mass is 16.4. The summed E-state index contributed by atoms with van der Waals surface area (Å²) in [5, 5.41) is 10.2. The predicted octanol–water partition coefficient (Wildman–Crippen LogP) is 6.37. The highest BCUT2D eigenvalue weighted by molar-refractivity contribution is 5.73. The highest BCUT2D eigenvalue weighted by Gasteiger charge is 2.41. The van der Waals surface area contributed by atoms with Gasteiger partial charge in [0.25, 0.3) is 0 Å². The molecule has 1 N–H and O–H groups in total. The van der Waals surface area contributed by atoms with Crippen molar-refractivity contribution >= 4 is 5.97 Å². The van der Waals surface area contributed by atoms with E-state index < -0.39 is 5.97 Å². The van der Waals surface area contributed by atoms with Gasteiger partial charge in [-0.1, -0.05) is 86.8 Å². The average Bonchev–Trinajstić information content (AvgIpc) is 3.57. The molecule has 6 heteroatoms. The van der Waals surface area contributed by atoms with Crippen molar-refractivity contribution in [1.82, 2.24) is 14.8 Å². The molecule has 1 aromatic heterocycles.